The number of ether oxygens (including phenoxy) is 3. The molecule has 29 heavy (non-hydrogen) atoms. The number of rotatable bonds is 6. The summed E-state index contributed by atoms with van der Waals surface area (Å²) in [5.74, 6) is -0.449. The lowest BCUT2D eigenvalue weighted by Gasteiger charge is -2.28. The largest absolute Gasteiger partial charge is 0.489 e. The SMILES string of the molecule is CCOC(=O)C1=C(C)OC(N)=C(C#N)[C@H]1c1ccccc1OCc1ccccc1. The molecule has 0 saturated carbocycles. The van der Waals surface area contributed by atoms with Crippen LogP contribution in [0.25, 0.3) is 0 Å². The molecule has 0 radical (unpaired) electrons. The molecule has 1 heterocycles. The highest BCUT2D eigenvalue weighted by Crippen LogP contribution is 2.43. The minimum Gasteiger partial charge on any atom is -0.489 e. The monoisotopic (exact) mass is 390 g/mol. The number of benzene rings is 2. The van der Waals surface area contributed by atoms with E-state index in [1.165, 1.54) is 0 Å². The predicted molar refractivity (Wildman–Crippen MR) is 107 cm³/mol. The van der Waals surface area contributed by atoms with Crippen molar-refractivity contribution in [1.82, 2.24) is 0 Å². The smallest absolute Gasteiger partial charge is 0.338 e. The van der Waals surface area contributed by atoms with Crippen LogP contribution >= 0.6 is 0 Å². The molecule has 3 rings (SSSR count). The Kier molecular flexibility index (Phi) is 6.20. The maximum Gasteiger partial charge on any atom is 0.338 e. The van der Waals surface area contributed by atoms with E-state index in [0.717, 1.165) is 5.56 Å². The van der Waals surface area contributed by atoms with Crippen molar-refractivity contribution in [2.45, 2.75) is 26.4 Å². The highest BCUT2D eigenvalue weighted by molar-refractivity contribution is 5.92. The Morgan fingerprint density at radius 2 is 1.86 bits per heavy atom. The van der Waals surface area contributed by atoms with Crippen molar-refractivity contribution in [3.8, 4) is 11.8 Å². The van der Waals surface area contributed by atoms with E-state index in [1.54, 1.807) is 19.9 Å². The third-order valence-corrected chi connectivity index (χ3v) is 4.57. The molecule has 2 aromatic carbocycles. The van der Waals surface area contributed by atoms with E-state index in [4.69, 9.17) is 19.9 Å². The molecule has 0 unspecified atom stereocenters. The highest BCUT2D eigenvalue weighted by atomic mass is 16.5. The molecule has 0 fully saturated rings. The maximum atomic E-state index is 12.7. The number of allylic oxidation sites excluding steroid dienone is 2. The summed E-state index contributed by atoms with van der Waals surface area (Å²) in [7, 11) is 0. The molecule has 148 valence electrons. The molecule has 0 aliphatic carbocycles. The zero-order valence-corrected chi connectivity index (χ0v) is 16.3. The van der Waals surface area contributed by atoms with Crippen LogP contribution in [0.2, 0.25) is 0 Å². The third-order valence-electron chi connectivity index (χ3n) is 4.57. The van der Waals surface area contributed by atoms with Gasteiger partial charge >= 0.3 is 5.97 Å². The maximum absolute atomic E-state index is 12.7. The van der Waals surface area contributed by atoms with Gasteiger partial charge in [0.15, 0.2) is 0 Å². The summed E-state index contributed by atoms with van der Waals surface area (Å²) in [5.41, 5.74) is 8.01. The third kappa shape index (κ3) is 4.25. The first kappa shape index (κ1) is 20.0. The Morgan fingerprint density at radius 3 is 2.55 bits per heavy atom. The summed E-state index contributed by atoms with van der Waals surface area (Å²) in [6, 6.07) is 19.1. The molecule has 2 aromatic rings. The van der Waals surface area contributed by atoms with Crippen LogP contribution in [0.4, 0.5) is 0 Å². The number of esters is 1. The number of hydrogen-bond acceptors (Lipinski definition) is 6. The molecular formula is C23H22N2O4. The van der Waals surface area contributed by atoms with Crippen LogP contribution in [0.5, 0.6) is 5.75 Å². The number of nitrogens with zero attached hydrogens (tertiary/aromatic N) is 1. The van der Waals surface area contributed by atoms with Crippen LogP contribution in [-0.2, 0) is 20.9 Å². The molecule has 1 atom stereocenters. The number of carbonyl (C=O) groups is 1. The van der Waals surface area contributed by atoms with Crippen LogP contribution in [0.3, 0.4) is 0 Å². The van der Waals surface area contributed by atoms with E-state index in [0.29, 0.717) is 23.7 Å². The zero-order chi connectivity index (χ0) is 20.8. The molecule has 0 bridgehead atoms. The van der Waals surface area contributed by atoms with Crippen molar-refractivity contribution in [3.05, 3.63) is 88.5 Å². The van der Waals surface area contributed by atoms with Crippen LogP contribution < -0.4 is 10.5 Å². The van der Waals surface area contributed by atoms with E-state index < -0.39 is 11.9 Å². The number of para-hydroxylation sites is 1. The Balaban J connectivity index is 2.04. The van der Waals surface area contributed by atoms with Crippen LogP contribution in [0.1, 0.15) is 30.9 Å². The van der Waals surface area contributed by atoms with Gasteiger partial charge in [0.25, 0.3) is 0 Å². The lowest BCUT2D eigenvalue weighted by molar-refractivity contribution is -0.139. The van der Waals surface area contributed by atoms with Crippen LogP contribution in [0, 0.1) is 11.3 Å². The minimum atomic E-state index is -0.736. The second-order valence-electron chi connectivity index (χ2n) is 6.43. The fourth-order valence-corrected chi connectivity index (χ4v) is 3.25. The molecule has 0 amide bonds. The molecule has 1 aliphatic rings. The average Bonchev–Trinajstić information content (AvgIpc) is 2.73. The Hall–Kier alpha value is -3.72. The van der Waals surface area contributed by atoms with Gasteiger partial charge < -0.3 is 19.9 Å². The molecule has 2 N–H and O–H groups in total. The first-order chi connectivity index (χ1) is 14.1. The van der Waals surface area contributed by atoms with Gasteiger partial charge in [-0.3, -0.25) is 0 Å². The Bertz CT molecular complexity index is 1000. The summed E-state index contributed by atoms with van der Waals surface area (Å²) in [6.07, 6.45) is 0. The van der Waals surface area contributed by atoms with E-state index >= 15 is 0 Å². The van der Waals surface area contributed by atoms with Crippen molar-refractivity contribution in [2.75, 3.05) is 6.61 Å². The topological polar surface area (TPSA) is 94.6 Å². The van der Waals surface area contributed by atoms with Crippen LogP contribution in [0.15, 0.2) is 77.4 Å². The van der Waals surface area contributed by atoms with Gasteiger partial charge in [0.1, 0.15) is 29.8 Å². The van der Waals surface area contributed by atoms with Gasteiger partial charge in [-0.15, -0.1) is 0 Å². The van der Waals surface area contributed by atoms with Gasteiger partial charge in [0.05, 0.1) is 18.1 Å². The number of nitriles is 1. The Morgan fingerprint density at radius 1 is 1.17 bits per heavy atom. The molecule has 0 spiro atoms. The predicted octanol–water partition coefficient (Wildman–Crippen LogP) is 3.91. The number of hydrogen-bond donors (Lipinski definition) is 1. The van der Waals surface area contributed by atoms with Crippen molar-refractivity contribution < 1.29 is 19.0 Å². The van der Waals surface area contributed by atoms with Crippen molar-refractivity contribution in [3.63, 3.8) is 0 Å². The van der Waals surface area contributed by atoms with Gasteiger partial charge in [-0.05, 0) is 25.5 Å². The molecule has 1 aliphatic heterocycles. The molecule has 0 aromatic heterocycles. The first-order valence-electron chi connectivity index (χ1n) is 9.27. The van der Waals surface area contributed by atoms with Gasteiger partial charge in [0.2, 0.25) is 5.88 Å². The van der Waals surface area contributed by atoms with E-state index in [9.17, 15) is 10.1 Å². The lowest BCUT2D eigenvalue weighted by Crippen LogP contribution is -2.26. The van der Waals surface area contributed by atoms with Crippen molar-refractivity contribution in [2.24, 2.45) is 5.73 Å². The van der Waals surface area contributed by atoms with Crippen molar-refractivity contribution in [1.29, 1.82) is 5.26 Å². The highest BCUT2D eigenvalue weighted by Gasteiger charge is 2.37. The summed E-state index contributed by atoms with van der Waals surface area (Å²) in [4.78, 5) is 12.7. The number of nitrogens with two attached hydrogens (primary N) is 1. The van der Waals surface area contributed by atoms with Crippen molar-refractivity contribution >= 4 is 5.97 Å². The molecule has 0 saturated heterocycles. The zero-order valence-electron chi connectivity index (χ0n) is 16.3. The Labute approximate surface area is 169 Å². The second kappa shape index (κ2) is 8.98. The minimum absolute atomic E-state index is 0.0269. The quantitative estimate of drug-likeness (QED) is 0.752. The summed E-state index contributed by atoms with van der Waals surface area (Å²) in [6.45, 7) is 3.90. The van der Waals surface area contributed by atoms with E-state index in [-0.39, 0.29) is 23.6 Å². The second-order valence-corrected chi connectivity index (χ2v) is 6.43. The van der Waals surface area contributed by atoms with Crippen LogP contribution in [-0.4, -0.2) is 12.6 Å². The van der Waals surface area contributed by atoms with Gasteiger partial charge in [-0.2, -0.15) is 5.26 Å². The van der Waals surface area contributed by atoms with Gasteiger partial charge in [-0.25, -0.2) is 4.79 Å². The fourth-order valence-electron chi connectivity index (χ4n) is 3.25. The summed E-state index contributed by atoms with van der Waals surface area (Å²) < 4.78 is 16.7. The fraction of sp³-hybridized carbons (Fsp3) is 0.217. The molecule has 6 heteroatoms. The molecule has 6 nitrogen and oxygen atoms in total. The normalized spacial score (nSPS) is 16.1. The summed E-state index contributed by atoms with van der Waals surface area (Å²) >= 11 is 0. The van der Waals surface area contributed by atoms with E-state index in [2.05, 4.69) is 6.07 Å². The van der Waals surface area contributed by atoms with Gasteiger partial charge in [0, 0.05) is 5.56 Å². The van der Waals surface area contributed by atoms with Gasteiger partial charge in [-0.1, -0.05) is 48.5 Å². The first-order valence-corrected chi connectivity index (χ1v) is 9.27. The summed E-state index contributed by atoms with van der Waals surface area (Å²) in [5, 5.41) is 9.72. The lowest BCUT2D eigenvalue weighted by atomic mass is 9.82. The van der Waals surface area contributed by atoms with E-state index in [1.807, 2.05) is 48.5 Å². The standard InChI is InChI=1S/C23H22N2O4/c1-3-27-23(26)20-15(2)29-22(25)18(13-24)21(20)17-11-7-8-12-19(17)28-14-16-9-5-4-6-10-16/h4-12,21H,3,14,25H2,1-2H3/t21-/m1/s1. The number of carbonyl (C=O) groups excluding carboxylic acids is 1. The molecular weight excluding hydrogens is 368 g/mol. The average molecular weight is 390 g/mol.